The zero-order valence-electron chi connectivity index (χ0n) is 11.9. The summed E-state index contributed by atoms with van der Waals surface area (Å²) in [5.41, 5.74) is 0.657. The van der Waals surface area contributed by atoms with Gasteiger partial charge in [0.2, 0.25) is 0 Å². The largest absolute Gasteiger partial charge is 0.378 e. The van der Waals surface area contributed by atoms with Crippen LogP contribution in [0.1, 0.15) is 19.8 Å². The van der Waals surface area contributed by atoms with Crippen molar-refractivity contribution in [1.82, 2.24) is 19.6 Å². The van der Waals surface area contributed by atoms with Gasteiger partial charge >= 0.3 is 0 Å². The molecule has 7 heteroatoms. The Morgan fingerprint density at radius 1 is 1.48 bits per heavy atom. The molecular weight excluding hydrogens is 334 g/mol. The molecule has 0 aromatic carbocycles. The average molecular weight is 352 g/mol. The smallest absolute Gasteiger partial charge is 0.283 e. The molecule has 0 spiro atoms. The van der Waals surface area contributed by atoms with Crippen molar-refractivity contribution in [1.29, 1.82) is 0 Å². The number of nitrogens with one attached hydrogen (secondary N) is 1. The van der Waals surface area contributed by atoms with Crippen LogP contribution in [0.25, 0.3) is 0 Å². The average Bonchev–Trinajstić information content (AvgIpc) is 3.13. The molecule has 0 saturated heterocycles. The summed E-state index contributed by atoms with van der Waals surface area (Å²) in [6, 6.07) is 2.03. The highest BCUT2D eigenvalue weighted by molar-refractivity contribution is 9.10. The van der Waals surface area contributed by atoms with Gasteiger partial charge in [-0.3, -0.25) is 9.48 Å². The van der Waals surface area contributed by atoms with Crippen molar-refractivity contribution in [2.24, 2.45) is 5.92 Å². The molecule has 6 nitrogen and oxygen atoms in total. The van der Waals surface area contributed by atoms with Crippen LogP contribution in [0.2, 0.25) is 0 Å². The summed E-state index contributed by atoms with van der Waals surface area (Å²) in [7, 11) is 0. The van der Waals surface area contributed by atoms with Crippen LogP contribution in [0.15, 0.2) is 33.9 Å². The molecule has 1 atom stereocenters. The van der Waals surface area contributed by atoms with Gasteiger partial charge in [0.25, 0.3) is 5.56 Å². The summed E-state index contributed by atoms with van der Waals surface area (Å²) in [6.07, 6.45) is 7.79. The van der Waals surface area contributed by atoms with E-state index in [0.717, 1.165) is 18.8 Å². The van der Waals surface area contributed by atoms with Crippen LogP contribution < -0.4 is 10.9 Å². The monoisotopic (exact) mass is 351 g/mol. The van der Waals surface area contributed by atoms with E-state index in [1.807, 2.05) is 23.9 Å². The molecule has 1 saturated carbocycles. The molecule has 1 aliphatic rings. The Morgan fingerprint density at radius 3 is 2.95 bits per heavy atom. The molecule has 2 heterocycles. The minimum absolute atomic E-state index is 0.0711. The quantitative estimate of drug-likeness (QED) is 0.865. The van der Waals surface area contributed by atoms with Gasteiger partial charge in [-0.2, -0.15) is 10.2 Å². The SMILES string of the molecule is CC(Cn1cccn1)Nc1cnn(CC2CC2)c(=O)c1Br. The topological polar surface area (TPSA) is 64.7 Å². The maximum Gasteiger partial charge on any atom is 0.283 e. The molecule has 112 valence electrons. The Labute approximate surface area is 131 Å². The van der Waals surface area contributed by atoms with E-state index in [2.05, 4.69) is 31.4 Å². The molecule has 1 fully saturated rings. The third-order valence-electron chi connectivity index (χ3n) is 3.53. The van der Waals surface area contributed by atoms with Gasteiger partial charge in [-0.1, -0.05) is 0 Å². The van der Waals surface area contributed by atoms with E-state index >= 15 is 0 Å². The van der Waals surface area contributed by atoms with E-state index in [0.29, 0.717) is 10.4 Å². The van der Waals surface area contributed by atoms with Gasteiger partial charge in [-0.05, 0) is 47.7 Å². The zero-order chi connectivity index (χ0) is 14.8. The summed E-state index contributed by atoms with van der Waals surface area (Å²) < 4.78 is 3.95. The predicted octanol–water partition coefficient (Wildman–Crippen LogP) is 2.11. The maximum absolute atomic E-state index is 12.2. The van der Waals surface area contributed by atoms with E-state index in [1.54, 1.807) is 17.1 Å². The van der Waals surface area contributed by atoms with Gasteiger partial charge in [0.05, 0.1) is 18.4 Å². The molecule has 1 aliphatic carbocycles. The minimum atomic E-state index is -0.0711. The number of nitrogens with zero attached hydrogens (tertiary/aromatic N) is 4. The van der Waals surface area contributed by atoms with E-state index in [1.165, 1.54) is 12.8 Å². The normalized spacial score (nSPS) is 15.9. The van der Waals surface area contributed by atoms with Crippen molar-refractivity contribution in [2.45, 2.75) is 38.9 Å². The first kappa shape index (κ1) is 14.3. The van der Waals surface area contributed by atoms with Crippen molar-refractivity contribution in [3.05, 3.63) is 39.5 Å². The number of anilines is 1. The summed E-state index contributed by atoms with van der Waals surface area (Å²) in [5.74, 6) is 0.625. The highest BCUT2D eigenvalue weighted by Crippen LogP contribution is 2.30. The summed E-state index contributed by atoms with van der Waals surface area (Å²) >= 11 is 3.39. The molecule has 2 aromatic heterocycles. The van der Waals surface area contributed by atoms with E-state index in [-0.39, 0.29) is 11.6 Å². The second-order valence-electron chi connectivity index (χ2n) is 5.58. The Hall–Kier alpha value is -1.63. The lowest BCUT2D eigenvalue weighted by molar-refractivity contribution is 0.529. The van der Waals surface area contributed by atoms with Crippen molar-refractivity contribution >= 4 is 21.6 Å². The Morgan fingerprint density at radius 2 is 2.29 bits per heavy atom. The third-order valence-corrected chi connectivity index (χ3v) is 4.30. The van der Waals surface area contributed by atoms with Gasteiger partial charge < -0.3 is 5.32 Å². The van der Waals surface area contributed by atoms with Crippen molar-refractivity contribution < 1.29 is 0 Å². The third kappa shape index (κ3) is 3.53. The predicted molar refractivity (Wildman–Crippen MR) is 84.2 cm³/mol. The summed E-state index contributed by atoms with van der Waals surface area (Å²) in [5, 5.41) is 11.7. The first-order valence-corrected chi connectivity index (χ1v) is 7.92. The highest BCUT2D eigenvalue weighted by atomic mass is 79.9. The molecule has 1 unspecified atom stereocenters. The summed E-state index contributed by atoms with van der Waals surface area (Å²) in [6.45, 7) is 3.50. The van der Waals surface area contributed by atoms with E-state index in [4.69, 9.17) is 0 Å². The van der Waals surface area contributed by atoms with Gasteiger partial charge in [-0.15, -0.1) is 0 Å². The Kier molecular flexibility index (Phi) is 4.10. The lowest BCUT2D eigenvalue weighted by atomic mass is 10.3. The fraction of sp³-hybridized carbons (Fsp3) is 0.500. The molecule has 0 amide bonds. The minimum Gasteiger partial charge on any atom is -0.378 e. The molecule has 0 aliphatic heterocycles. The Bertz CT molecular complexity index is 662. The van der Waals surface area contributed by atoms with Gasteiger partial charge in [-0.25, -0.2) is 4.68 Å². The molecule has 3 rings (SSSR count). The lowest BCUT2D eigenvalue weighted by Crippen LogP contribution is -2.28. The van der Waals surface area contributed by atoms with Gasteiger partial charge in [0.1, 0.15) is 4.47 Å². The molecule has 2 aromatic rings. The summed E-state index contributed by atoms with van der Waals surface area (Å²) in [4.78, 5) is 12.2. The van der Waals surface area contributed by atoms with Crippen LogP contribution in [0.5, 0.6) is 0 Å². The van der Waals surface area contributed by atoms with E-state index < -0.39 is 0 Å². The van der Waals surface area contributed by atoms with Crippen molar-refractivity contribution in [2.75, 3.05) is 5.32 Å². The molecule has 0 radical (unpaired) electrons. The van der Waals surface area contributed by atoms with Crippen molar-refractivity contribution in [3.63, 3.8) is 0 Å². The molecule has 0 bridgehead atoms. The molecule has 21 heavy (non-hydrogen) atoms. The van der Waals surface area contributed by atoms with Crippen molar-refractivity contribution in [3.8, 4) is 0 Å². The zero-order valence-corrected chi connectivity index (χ0v) is 13.5. The Balaban J connectivity index is 1.70. The molecular formula is C14H18BrN5O. The number of hydrogen-bond acceptors (Lipinski definition) is 4. The van der Waals surface area contributed by atoms with Crippen LogP contribution >= 0.6 is 15.9 Å². The fourth-order valence-electron chi connectivity index (χ4n) is 2.24. The lowest BCUT2D eigenvalue weighted by Gasteiger charge is -2.16. The fourth-order valence-corrected chi connectivity index (χ4v) is 2.66. The second kappa shape index (κ2) is 6.01. The van der Waals surface area contributed by atoms with E-state index in [9.17, 15) is 4.79 Å². The standard InChI is InChI=1S/C14H18BrN5O/c1-10(8-19-6-2-5-16-19)18-12-7-17-20(9-11-3-4-11)14(21)13(12)15/h2,5-7,10-11,18H,3-4,8-9H2,1H3. The number of halogens is 1. The van der Waals surface area contributed by atoms with Crippen LogP contribution in [-0.4, -0.2) is 25.6 Å². The van der Waals surface area contributed by atoms with Gasteiger partial charge in [0.15, 0.2) is 0 Å². The first-order chi connectivity index (χ1) is 10.1. The maximum atomic E-state index is 12.2. The van der Waals surface area contributed by atoms with Gasteiger partial charge in [0, 0.05) is 25.0 Å². The molecule has 1 N–H and O–H groups in total. The highest BCUT2D eigenvalue weighted by Gasteiger charge is 2.23. The number of rotatable bonds is 6. The van der Waals surface area contributed by atoms with Crippen LogP contribution in [-0.2, 0) is 13.1 Å². The first-order valence-electron chi connectivity index (χ1n) is 7.13. The number of aromatic nitrogens is 4. The van der Waals surface area contributed by atoms with Crippen LogP contribution in [0.3, 0.4) is 0 Å². The number of hydrogen-bond donors (Lipinski definition) is 1. The van der Waals surface area contributed by atoms with Crippen LogP contribution in [0.4, 0.5) is 5.69 Å². The van der Waals surface area contributed by atoms with Crippen LogP contribution in [0, 0.1) is 5.92 Å². The second-order valence-corrected chi connectivity index (χ2v) is 6.37.